The largest absolute Gasteiger partial charge is 0.481 e. The molecule has 184 valence electrons. The van der Waals surface area contributed by atoms with Crippen LogP contribution in [0.1, 0.15) is 36.8 Å². The molecule has 5 rings (SSSR count). The van der Waals surface area contributed by atoms with E-state index in [9.17, 15) is 9.90 Å². The highest BCUT2D eigenvalue weighted by Crippen LogP contribution is 2.41. The number of imidazole rings is 1. The molecule has 0 spiro atoms. The Labute approximate surface area is 219 Å². The van der Waals surface area contributed by atoms with Gasteiger partial charge < -0.3 is 14.1 Å². The Morgan fingerprint density at radius 2 is 2.03 bits per heavy atom. The molecule has 0 radical (unpaired) electrons. The van der Waals surface area contributed by atoms with Crippen LogP contribution in [-0.4, -0.2) is 41.3 Å². The molecule has 5 aromatic rings. The molecule has 3 heterocycles. The van der Waals surface area contributed by atoms with Crippen molar-refractivity contribution in [3.05, 3.63) is 69.2 Å². The number of hydrogen-bond acceptors (Lipinski definition) is 6. The Kier molecular flexibility index (Phi) is 6.88. The van der Waals surface area contributed by atoms with Gasteiger partial charge in [0.15, 0.2) is 5.15 Å². The monoisotopic (exact) mass is 568 g/mol. The van der Waals surface area contributed by atoms with Crippen molar-refractivity contribution in [2.45, 2.75) is 39.2 Å². The molecule has 2 N–H and O–H groups in total. The molecule has 0 saturated carbocycles. The van der Waals surface area contributed by atoms with Gasteiger partial charge in [-0.1, -0.05) is 55.3 Å². The minimum atomic E-state index is -0.946. The molecule has 0 unspecified atom stereocenters. The average molecular weight is 570 g/mol. The Morgan fingerprint density at radius 1 is 1.22 bits per heavy atom. The summed E-state index contributed by atoms with van der Waals surface area (Å²) in [5.74, 6) is 0.974. The smallest absolute Gasteiger partial charge is 0.309 e. The maximum Gasteiger partial charge on any atom is 0.309 e. The zero-order chi connectivity index (χ0) is 25.2. The summed E-state index contributed by atoms with van der Waals surface area (Å²) in [6.45, 7) is 2.55. The number of aromatic nitrogens is 6. The summed E-state index contributed by atoms with van der Waals surface area (Å²) in [5.41, 5.74) is 3.81. The normalized spacial score (nSPS) is 11.4. The molecule has 0 aliphatic heterocycles. The lowest BCUT2D eigenvalue weighted by Gasteiger charge is -2.11. The maximum atomic E-state index is 11.5. The van der Waals surface area contributed by atoms with E-state index in [1.165, 1.54) is 0 Å². The van der Waals surface area contributed by atoms with Gasteiger partial charge in [-0.15, -0.1) is 10.2 Å². The molecule has 11 heteroatoms. The summed E-state index contributed by atoms with van der Waals surface area (Å²) in [5, 5.41) is 24.9. The number of rotatable bonds is 9. The molecule has 36 heavy (non-hydrogen) atoms. The van der Waals surface area contributed by atoms with Crippen molar-refractivity contribution in [3.63, 3.8) is 0 Å². The van der Waals surface area contributed by atoms with E-state index >= 15 is 0 Å². The topological polar surface area (TPSA) is 123 Å². The van der Waals surface area contributed by atoms with Crippen molar-refractivity contribution < 1.29 is 14.3 Å². The predicted molar refractivity (Wildman–Crippen MR) is 139 cm³/mol. The van der Waals surface area contributed by atoms with Crippen LogP contribution in [0, 0.1) is 0 Å². The second-order valence-corrected chi connectivity index (χ2v) is 9.53. The molecule has 0 amide bonds. The predicted octanol–water partition coefficient (Wildman–Crippen LogP) is 5.91. The summed E-state index contributed by atoms with van der Waals surface area (Å²) in [6, 6.07) is 13.6. The van der Waals surface area contributed by atoms with Gasteiger partial charge >= 0.3 is 5.97 Å². The van der Waals surface area contributed by atoms with Crippen molar-refractivity contribution in [2.75, 3.05) is 0 Å². The van der Waals surface area contributed by atoms with Crippen LogP contribution in [0.4, 0.5) is 0 Å². The van der Waals surface area contributed by atoms with Gasteiger partial charge in [0.1, 0.15) is 17.2 Å². The number of furan rings is 1. The van der Waals surface area contributed by atoms with Gasteiger partial charge in [0.25, 0.3) is 0 Å². The number of carbonyl (C=O) groups is 1. The van der Waals surface area contributed by atoms with Crippen molar-refractivity contribution in [1.82, 2.24) is 30.2 Å². The summed E-state index contributed by atoms with van der Waals surface area (Å²) >= 11 is 10.1. The lowest BCUT2D eigenvalue weighted by molar-refractivity contribution is -0.136. The third-order valence-electron chi connectivity index (χ3n) is 5.97. The van der Waals surface area contributed by atoms with Crippen LogP contribution in [0.3, 0.4) is 0 Å². The van der Waals surface area contributed by atoms with Gasteiger partial charge in [-0.2, -0.15) is 5.21 Å². The molecule has 0 aliphatic carbocycles. The van der Waals surface area contributed by atoms with Crippen LogP contribution < -0.4 is 0 Å². The summed E-state index contributed by atoms with van der Waals surface area (Å²) < 4.78 is 8.96. The first-order valence-corrected chi connectivity index (χ1v) is 12.6. The standard InChI is InChI=1S/C25H22BrClN6O3/c1-2-3-8-20-28-24(27)18(12-21(34)35)33(20)13-14-9-10-19-17(11-14)22(26)23(36-19)15-6-4-5-7-16(15)25-29-31-32-30-25/h4-7,9-11H,2-3,8,12-13H2,1H3,(H,34,35)(H,29,30,31,32). The number of benzene rings is 2. The fourth-order valence-electron chi connectivity index (χ4n) is 4.25. The van der Waals surface area contributed by atoms with Crippen LogP contribution in [0.25, 0.3) is 33.7 Å². The molecule has 0 atom stereocenters. The van der Waals surface area contributed by atoms with Crippen molar-refractivity contribution >= 4 is 44.5 Å². The summed E-state index contributed by atoms with van der Waals surface area (Å²) in [4.78, 5) is 16.0. The summed E-state index contributed by atoms with van der Waals surface area (Å²) in [7, 11) is 0. The summed E-state index contributed by atoms with van der Waals surface area (Å²) in [6.07, 6.45) is 2.48. The Bertz CT molecular complexity index is 1540. The zero-order valence-corrected chi connectivity index (χ0v) is 21.7. The first-order valence-electron chi connectivity index (χ1n) is 11.5. The number of halogens is 2. The van der Waals surface area contributed by atoms with Crippen molar-refractivity contribution in [1.29, 1.82) is 0 Å². The van der Waals surface area contributed by atoms with Crippen molar-refractivity contribution in [2.24, 2.45) is 0 Å². The fourth-order valence-corrected chi connectivity index (χ4v) is 5.12. The first kappa shape index (κ1) is 24.2. The van der Waals surface area contributed by atoms with Crippen LogP contribution >= 0.6 is 27.5 Å². The van der Waals surface area contributed by atoms with Gasteiger partial charge in [0.2, 0.25) is 5.82 Å². The molecule has 0 aliphatic rings. The number of tetrazole rings is 1. The molecule has 0 bridgehead atoms. The number of nitrogens with one attached hydrogen (secondary N) is 1. The molecule has 9 nitrogen and oxygen atoms in total. The quantitative estimate of drug-likeness (QED) is 0.226. The van der Waals surface area contributed by atoms with Gasteiger partial charge in [-0.25, -0.2) is 4.98 Å². The number of carboxylic acid groups (broad SMARTS) is 1. The van der Waals surface area contributed by atoms with E-state index in [1.807, 2.05) is 47.0 Å². The molecule has 3 aromatic heterocycles. The van der Waals surface area contributed by atoms with E-state index in [0.717, 1.165) is 51.6 Å². The second-order valence-electron chi connectivity index (χ2n) is 8.38. The molecule has 0 saturated heterocycles. The molecule has 2 aromatic carbocycles. The van der Waals surface area contributed by atoms with Crippen LogP contribution in [0.15, 0.2) is 51.4 Å². The third kappa shape index (κ3) is 4.66. The number of fused-ring (bicyclic) bond motifs is 1. The number of H-pyrrole nitrogens is 1. The number of carboxylic acids is 1. The van der Waals surface area contributed by atoms with E-state index in [-0.39, 0.29) is 11.6 Å². The van der Waals surface area contributed by atoms with Crippen LogP contribution in [0.2, 0.25) is 5.15 Å². The molecule has 0 fully saturated rings. The second kappa shape index (κ2) is 10.2. The fraction of sp³-hybridized carbons (Fsp3) is 0.240. The van der Waals surface area contributed by atoms with E-state index in [2.05, 4.69) is 48.5 Å². The Morgan fingerprint density at radius 3 is 2.75 bits per heavy atom. The minimum absolute atomic E-state index is 0.188. The Balaban J connectivity index is 1.55. The van der Waals surface area contributed by atoms with E-state index in [0.29, 0.717) is 29.4 Å². The number of aromatic amines is 1. The average Bonchev–Trinajstić information content (AvgIpc) is 3.58. The SMILES string of the molecule is CCCCc1nc(Cl)c(CC(=O)O)n1Cc1ccc2oc(-c3ccccc3-c3nn[nH]n3)c(Br)c2c1. The first-order chi connectivity index (χ1) is 17.5. The van der Waals surface area contributed by atoms with Gasteiger partial charge in [-0.3, -0.25) is 4.79 Å². The van der Waals surface area contributed by atoms with Crippen LogP contribution in [0.5, 0.6) is 0 Å². The Hall–Kier alpha value is -3.50. The number of hydrogen-bond donors (Lipinski definition) is 2. The van der Waals surface area contributed by atoms with Crippen LogP contribution in [-0.2, 0) is 24.2 Å². The lowest BCUT2D eigenvalue weighted by atomic mass is 10.0. The van der Waals surface area contributed by atoms with Gasteiger partial charge in [0, 0.05) is 29.5 Å². The number of aliphatic carboxylic acids is 1. The van der Waals surface area contributed by atoms with E-state index < -0.39 is 5.97 Å². The third-order valence-corrected chi connectivity index (χ3v) is 7.06. The van der Waals surface area contributed by atoms with Gasteiger partial charge in [-0.05, 0) is 45.3 Å². The highest BCUT2D eigenvalue weighted by atomic mass is 79.9. The number of aryl methyl sites for hydroxylation is 1. The maximum absolute atomic E-state index is 11.5. The zero-order valence-electron chi connectivity index (χ0n) is 19.3. The highest BCUT2D eigenvalue weighted by molar-refractivity contribution is 9.10. The van der Waals surface area contributed by atoms with E-state index in [1.54, 1.807) is 0 Å². The van der Waals surface area contributed by atoms with Crippen molar-refractivity contribution in [3.8, 4) is 22.7 Å². The molecular weight excluding hydrogens is 548 g/mol. The number of unbranched alkanes of at least 4 members (excludes halogenated alkanes) is 1. The minimum Gasteiger partial charge on any atom is -0.481 e. The lowest BCUT2D eigenvalue weighted by Crippen LogP contribution is -2.12. The number of nitrogens with zero attached hydrogens (tertiary/aromatic N) is 5. The van der Waals surface area contributed by atoms with Gasteiger partial charge in [0.05, 0.1) is 16.6 Å². The van der Waals surface area contributed by atoms with E-state index in [4.69, 9.17) is 16.0 Å². The highest BCUT2D eigenvalue weighted by Gasteiger charge is 2.21. The molecular formula is C25H22BrClN6O3.